The van der Waals surface area contributed by atoms with Gasteiger partial charge in [0, 0.05) is 6.42 Å². The first-order valence-corrected chi connectivity index (χ1v) is 8.51. The summed E-state index contributed by atoms with van der Waals surface area (Å²) in [5, 5.41) is 3.10. The largest absolute Gasteiger partial charge is 0.454 e. The Morgan fingerprint density at radius 1 is 1.25 bits per heavy atom. The number of amides is 1. The van der Waals surface area contributed by atoms with Gasteiger partial charge in [0.2, 0.25) is 12.7 Å². The predicted molar refractivity (Wildman–Crippen MR) is 95.6 cm³/mol. The number of halogens is 1. The van der Waals surface area contributed by atoms with Gasteiger partial charge in [-0.25, -0.2) is 0 Å². The maximum atomic E-state index is 12.5. The molecule has 3 N–H and O–H groups in total. The van der Waals surface area contributed by atoms with Gasteiger partial charge in [-0.3, -0.25) is 4.79 Å². The quantitative estimate of drug-likeness (QED) is 0.850. The molecule has 1 atom stereocenters. The molecule has 0 spiro atoms. The number of ether oxygens (including phenoxy) is 2. The zero-order valence-electron chi connectivity index (χ0n) is 14.2. The Balaban J connectivity index is 0.00000208. The van der Waals surface area contributed by atoms with Gasteiger partial charge in [0.25, 0.3) is 0 Å². The average Bonchev–Trinajstić information content (AvgIpc) is 3.03. The molecule has 134 valence electrons. The lowest BCUT2D eigenvalue weighted by Gasteiger charge is -2.36. The summed E-state index contributed by atoms with van der Waals surface area (Å²) >= 11 is 0. The molecule has 0 radical (unpaired) electrons. The minimum atomic E-state index is -0.0598. The Bertz CT molecular complexity index is 573. The van der Waals surface area contributed by atoms with Gasteiger partial charge in [-0.2, -0.15) is 0 Å². The van der Waals surface area contributed by atoms with Crippen LogP contribution < -0.4 is 20.5 Å². The van der Waals surface area contributed by atoms with Crippen LogP contribution in [-0.4, -0.2) is 19.2 Å². The molecule has 24 heavy (non-hydrogen) atoms. The lowest BCUT2D eigenvalue weighted by atomic mass is 9.71. The van der Waals surface area contributed by atoms with Crippen molar-refractivity contribution in [2.45, 2.75) is 51.5 Å². The van der Waals surface area contributed by atoms with Crippen molar-refractivity contribution in [3.8, 4) is 11.5 Å². The molecule has 1 amide bonds. The van der Waals surface area contributed by atoms with Crippen LogP contribution >= 0.6 is 12.4 Å². The number of hydrogen-bond acceptors (Lipinski definition) is 4. The topological polar surface area (TPSA) is 73.6 Å². The third kappa shape index (κ3) is 4.14. The van der Waals surface area contributed by atoms with Gasteiger partial charge in [-0.15, -0.1) is 12.4 Å². The number of hydrogen-bond donors (Lipinski definition) is 2. The second-order valence-corrected chi connectivity index (χ2v) is 6.84. The summed E-state index contributed by atoms with van der Waals surface area (Å²) in [6, 6.07) is 5.74. The zero-order valence-corrected chi connectivity index (χ0v) is 15.0. The van der Waals surface area contributed by atoms with Crippen LogP contribution in [0.3, 0.4) is 0 Å². The zero-order chi connectivity index (χ0) is 16.3. The highest BCUT2D eigenvalue weighted by Gasteiger charge is 2.33. The molecule has 1 unspecified atom stereocenters. The van der Waals surface area contributed by atoms with Crippen molar-refractivity contribution in [3.05, 3.63) is 23.8 Å². The molecule has 2 aliphatic rings. The van der Waals surface area contributed by atoms with E-state index >= 15 is 0 Å². The number of carbonyl (C=O) groups excluding carboxylic acids is 1. The monoisotopic (exact) mass is 354 g/mol. The summed E-state index contributed by atoms with van der Waals surface area (Å²) in [6.07, 6.45) is 6.28. The van der Waals surface area contributed by atoms with E-state index in [-0.39, 0.29) is 36.6 Å². The van der Waals surface area contributed by atoms with E-state index in [9.17, 15) is 4.79 Å². The summed E-state index contributed by atoms with van der Waals surface area (Å²) in [4.78, 5) is 12.5. The highest BCUT2D eigenvalue weighted by atomic mass is 35.5. The summed E-state index contributed by atoms with van der Waals surface area (Å²) in [6.45, 7) is 2.85. The van der Waals surface area contributed by atoms with E-state index in [1.165, 1.54) is 19.3 Å². The maximum absolute atomic E-state index is 12.5. The molecule has 0 aromatic heterocycles. The number of nitrogens with two attached hydrogens (primary N) is 1. The lowest BCUT2D eigenvalue weighted by molar-refractivity contribution is -0.124. The lowest BCUT2D eigenvalue weighted by Crippen LogP contribution is -2.39. The number of fused-ring (bicyclic) bond motifs is 1. The van der Waals surface area contributed by atoms with Crippen LogP contribution in [0.2, 0.25) is 0 Å². The van der Waals surface area contributed by atoms with Crippen molar-refractivity contribution in [1.82, 2.24) is 5.32 Å². The average molecular weight is 355 g/mol. The van der Waals surface area contributed by atoms with Gasteiger partial charge in [0.1, 0.15) is 0 Å². The highest BCUT2D eigenvalue weighted by Crippen LogP contribution is 2.38. The van der Waals surface area contributed by atoms with Crippen molar-refractivity contribution in [2.75, 3.05) is 13.3 Å². The van der Waals surface area contributed by atoms with E-state index in [0.717, 1.165) is 29.9 Å². The van der Waals surface area contributed by atoms with Gasteiger partial charge in [-0.05, 0) is 49.4 Å². The van der Waals surface area contributed by atoms with Crippen molar-refractivity contribution in [1.29, 1.82) is 0 Å². The Morgan fingerprint density at radius 2 is 1.96 bits per heavy atom. The first-order chi connectivity index (χ1) is 11.1. The molecular weight excluding hydrogens is 328 g/mol. The molecule has 0 bridgehead atoms. The molecule has 1 heterocycles. The Hall–Kier alpha value is -1.46. The van der Waals surface area contributed by atoms with E-state index in [2.05, 4.69) is 5.32 Å². The fourth-order valence-electron chi connectivity index (χ4n) is 3.65. The summed E-state index contributed by atoms with van der Waals surface area (Å²) in [5.74, 6) is 1.59. The second-order valence-electron chi connectivity index (χ2n) is 6.84. The van der Waals surface area contributed by atoms with Gasteiger partial charge in [0.05, 0.1) is 6.04 Å². The van der Waals surface area contributed by atoms with Crippen LogP contribution in [-0.2, 0) is 4.79 Å². The standard InChI is InChI=1S/C18H26N2O3.ClH/c1-13(14-5-6-15-16(9-14)23-12-22-15)20-17(21)10-18(11-19)7-3-2-4-8-18;/h5-6,9,13H,2-4,7-8,10-12,19H2,1H3,(H,20,21);1H. The third-order valence-electron chi connectivity index (χ3n) is 5.16. The maximum Gasteiger partial charge on any atom is 0.231 e. The van der Waals surface area contributed by atoms with E-state index in [0.29, 0.717) is 13.0 Å². The second kappa shape index (κ2) is 8.08. The van der Waals surface area contributed by atoms with Crippen molar-refractivity contribution >= 4 is 18.3 Å². The molecular formula is C18H27ClN2O3. The van der Waals surface area contributed by atoms with Crippen LogP contribution in [0.1, 0.15) is 57.1 Å². The van der Waals surface area contributed by atoms with Gasteiger partial charge in [0.15, 0.2) is 11.5 Å². The molecule has 1 aliphatic heterocycles. The molecule has 1 fully saturated rings. The van der Waals surface area contributed by atoms with E-state index < -0.39 is 0 Å². The number of benzene rings is 1. The normalized spacial score (nSPS) is 19.2. The SMILES string of the molecule is CC(NC(=O)CC1(CN)CCCCC1)c1ccc2c(c1)OCO2.Cl. The molecule has 1 aromatic rings. The summed E-state index contributed by atoms with van der Waals surface area (Å²) in [5.41, 5.74) is 7.00. The van der Waals surface area contributed by atoms with Crippen LogP contribution in [0.5, 0.6) is 11.5 Å². The van der Waals surface area contributed by atoms with E-state index in [1.807, 2.05) is 25.1 Å². The smallest absolute Gasteiger partial charge is 0.231 e. The Morgan fingerprint density at radius 3 is 2.67 bits per heavy atom. The Labute approximate surface area is 149 Å². The fourth-order valence-corrected chi connectivity index (χ4v) is 3.65. The van der Waals surface area contributed by atoms with Gasteiger partial charge >= 0.3 is 0 Å². The molecule has 6 heteroatoms. The minimum Gasteiger partial charge on any atom is -0.454 e. The highest BCUT2D eigenvalue weighted by molar-refractivity contribution is 5.85. The number of nitrogens with one attached hydrogen (secondary N) is 1. The molecule has 1 aliphatic carbocycles. The van der Waals surface area contributed by atoms with Crippen molar-refractivity contribution < 1.29 is 14.3 Å². The van der Waals surface area contributed by atoms with Crippen molar-refractivity contribution in [2.24, 2.45) is 11.1 Å². The Kier molecular flexibility index (Phi) is 6.35. The van der Waals surface area contributed by atoms with E-state index in [1.54, 1.807) is 0 Å². The summed E-state index contributed by atoms with van der Waals surface area (Å²) < 4.78 is 10.7. The predicted octanol–water partition coefficient (Wildman–Crippen LogP) is 3.31. The molecule has 5 nitrogen and oxygen atoms in total. The number of carbonyl (C=O) groups is 1. The van der Waals surface area contributed by atoms with Crippen LogP contribution in [0.15, 0.2) is 18.2 Å². The van der Waals surface area contributed by atoms with Crippen molar-refractivity contribution in [3.63, 3.8) is 0 Å². The summed E-state index contributed by atoms with van der Waals surface area (Å²) in [7, 11) is 0. The van der Waals surface area contributed by atoms with Crippen LogP contribution in [0, 0.1) is 5.41 Å². The molecule has 1 saturated carbocycles. The van der Waals surface area contributed by atoms with E-state index in [4.69, 9.17) is 15.2 Å². The first kappa shape index (κ1) is 18.9. The fraction of sp³-hybridized carbons (Fsp3) is 0.611. The third-order valence-corrected chi connectivity index (χ3v) is 5.16. The molecule has 1 aromatic carbocycles. The minimum absolute atomic E-state index is 0. The number of rotatable bonds is 5. The van der Waals surface area contributed by atoms with Gasteiger partial charge < -0.3 is 20.5 Å². The van der Waals surface area contributed by atoms with Gasteiger partial charge in [-0.1, -0.05) is 25.3 Å². The molecule has 3 rings (SSSR count). The van der Waals surface area contributed by atoms with Crippen LogP contribution in [0.25, 0.3) is 0 Å². The molecule has 0 saturated heterocycles. The van der Waals surface area contributed by atoms with Crippen LogP contribution in [0.4, 0.5) is 0 Å². The first-order valence-electron chi connectivity index (χ1n) is 8.51.